The van der Waals surface area contributed by atoms with Crippen molar-refractivity contribution in [2.75, 3.05) is 13.1 Å². The van der Waals surface area contributed by atoms with E-state index in [0.717, 1.165) is 23.8 Å². The monoisotopic (exact) mass is 348 g/mol. The van der Waals surface area contributed by atoms with E-state index in [9.17, 15) is 23.5 Å². The van der Waals surface area contributed by atoms with E-state index < -0.39 is 29.6 Å². The number of carbonyl (C=O) groups excluding carboxylic acids is 2. The van der Waals surface area contributed by atoms with E-state index in [1.807, 2.05) is 18.2 Å². The molecule has 2 amide bonds. The summed E-state index contributed by atoms with van der Waals surface area (Å²) in [7, 11) is 0. The Morgan fingerprint density at radius 2 is 1.72 bits per heavy atom. The smallest absolute Gasteiger partial charge is 0.251 e. The first-order valence-corrected chi connectivity index (χ1v) is 7.70. The van der Waals surface area contributed by atoms with Gasteiger partial charge in [0.1, 0.15) is 0 Å². The number of aliphatic hydroxyl groups is 1. The summed E-state index contributed by atoms with van der Waals surface area (Å²) < 4.78 is 25.9. The van der Waals surface area contributed by atoms with E-state index in [1.54, 1.807) is 12.1 Å². The Bertz CT molecular complexity index is 738. The van der Waals surface area contributed by atoms with Gasteiger partial charge in [0.2, 0.25) is 5.91 Å². The van der Waals surface area contributed by atoms with Crippen LogP contribution in [0.4, 0.5) is 8.78 Å². The molecule has 2 rings (SSSR count). The van der Waals surface area contributed by atoms with Crippen LogP contribution in [0.25, 0.3) is 0 Å². The van der Waals surface area contributed by atoms with E-state index in [4.69, 9.17) is 0 Å². The number of hydrogen-bond donors (Lipinski definition) is 3. The summed E-state index contributed by atoms with van der Waals surface area (Å²) in [5.41, 5.74) is 0.676. The summed E-state index contributed by atoms with van der Waals surface area (Å²) in [4.78, 5) is 23.4. The predicted molar refractivity (Wildman–Crippen MR) is 87.7 cm³/mol. The average molecular weight is 348 g/mol. The fourth-order valence-electron chi connectivity index (χ4n) is 2.15. The molecular weight excluding hydrogens is 330 g/mol. The first-order valence-electron chi connectivity index (χ1n) is 7.70. The van der Waals surface area contributed by atoms with Gasteiger partial charge in [-0.15, -0.1) is 0 Å². The van der Waals surface area contributed by atoms with Gasteiger partial charge in [0, 0.05) is 12.1 Å². The van der Waals surface area contributed by atoms with Crippen molar-refractivity contribution in [1.29, 1.82) is 0 Å². The second-order valence-corrected chi connectivity index (χ2v) is 5.38. The van der Waals surface area contributed by atoms with Gasteiger partial charge in [-0.25, -0.2) is 8.78 Å². The van der Waals surface area contributed by atoms with Crippen molar-refractivity contribution in [3.63, 3.8) is 0 Å². The molecule has 1 unspecified atom stereocenters. The Kier molecular flexibility index (Phi) is 6.59. The molecule has 0 heterocycles. The molecule has 25 heavy (non-hydrogen) atoms. The molecule has 0 aliphatic rings. The molecule has 3 N–H and O–H groups in total. The van der Waals surface area contributed by atoms with Crippen molar-refractivity contribution in [2.45, 2.75) is 12.5 Å². The Labute approximate surface area is 143 Å². The summed E-state index contributed by atoms with van der Waals surface area (Å²) in [6, 6.07) is 11.8. The highest BCUT2D eigenvalue weighted by Crippen LogP contribution is 2.14. The highest BCUT2D eigenvalue weighted by Gasteiger charge is 2.12. The second-order valence-electron chi connectivity index (χ2n) is 5.38. The Morgan fingerprint density at radius 3 is 2.40 bits per heavy atom. The number of amides is 2. The number of hydrogen-bond acceptors (Lipinski definition) is 3. The van der Waals surface area contributed by atoms with Gasteiger partial charge in [0.05, 0.1) is 12.6 Å². The fourth-order valence-corrected chi connectivity index (χ4v) is 2.15. The van der Waals surface area contributed by atoms with Crippen molar-refractivity contribution < 1.29 is 23.5 Å². The van der Waals surface area contributed by atoms with E-state index in [1.165, 1.54) is 0 Å². The molecule has 0 aliphatic carbocycles. The minimum absolute atomic E-state index is 0.0776. The van der Waals surface area contributed by atoms with Crippen LogP contribution in [0.5, 0.6) is 0 Å². The minimum atomic E-state index is -1.13. The first kappa shape index (κ1) is 18.5. The van der Waals surface area contributed by atoms with Crippen LogP contribution in [0.3, 0.4) is 0 Å². The molecule has 0 fully saturated rings. The molecule has 1 atom stereocenters. The Balaban J connectivity index is 1.71. The molecule has 7 heteroatoms. The maximum Gasteiger partial charge on any atom is 0.251 e. The van der Waals surface area contributed by atoms with Gasteiger partial charge in [0.25, 0.3) is 5.91 Å². The van der Waals surface area contributed by atoms with Gasteiger partial charge in [0.15, 0.2) is 11.6 Å². The Hall–Kier alpha value is -2.80. The number of halogens is 2. The summed E-state index contributed by atoms with van der Waals surface area (Å²) in [5.74, 6) is -3.31. The lowest BCUT2D eigenvalue weighted by atomic mass is 10.1. The SMILES string of the molecule is O=C(CNC(=O)c1ccc(F)c(F)c1)NCCC(O)c1ccccc1. The standard InChI is InChI=1S/C18H18F2N2O3/c19-14-7-6-13(10-15(14)20)18(25)22-11-17(24)21-9-8-16(23)12-4-2-1-3-5-12/h1-7,10,16,23H,8-9,11H2,(H,21,24)(H,22,25). The Morgan fingerprint density at radius 1 is 1.00 bits per heavy atom. The van der Waals surface area contributed by atoms with Crippen molar-refractivity contribution in [2.24, 2.45) is 0 Å². The molecular formula is C18H18F2N2O3. The summed E-state index contributed by atoms with van der Waals surface area (Å²) in [5, 5.41) is 14.8. The summed E-state index contributed by atoms with van der Waals surface area (Å²) in [6.07, 6.45) is -0.370. The van der Waals surface area contributed by atoms with Gasteiger partial charge >= 0.3 is 0 Å². The average Bonchev–Trinajstić information content (AvgIpc) is 2.62. The number of rotatable bonds is 7. The van der Waals surface area contributed by atoms with Crippen LogP contribution in [-0.4, -0.2) is 30.0 Å². The highest BCUT2D eigenvalue weighted by atomic mass is 19.2. The lowest BCUT2D eigenvalue weighted by molar-refractivity contribution is -0.120. The predicted octanol–water partition coefficient (Wildman–Crippen LogP) is 1.93. The van der Waals surface area contributed by atoms with Crippen LogP contribution >= 0.6 is 0 Å². The number of benzene rings is 2. The number of nitrogens with one attached hydrogen (secondary N) is 2. The quantitative estimate of drug-likeness (QED) is 0.715. The largest absolute Gasteiger partial charge is 0.388 e. The molecule has 0 spiro atoms. The molecule has 0 radical (unpaired) electrons. The van der Waals surface area contributed by atoms with Crippen molar-refractivity contribution in [3.05, 3.63) is 71.3 Å². The zero-order valence-corrected chi connectivity index (χ0v) is 13.3. The topological polar surface area (TPSA) is 78.4 Å². The fraction of sp³-hybridized carbons (Fsp3) is 0.222. The van der Waals surface area contributed by atoms with Crippen LogP contribution in [-0.2, 0) is 4.79 Å². The maximum absolute atomic E-state index is 13.1. The third kappa shape index (κ3) is 5.65. The van der Waals surface area contributed by atoms with Crippen LogP contribution in [0.15, 0.2) is 48.5 Å². The van der Waals surface area contributed by atoms with Crippen LogP contribution in [0, 0.1) is 11.6 Å². The molecule has 132 valence electrons. The van der Waals surface area contributed by atoms with Crippen molar-refractivity contribution in [1.82, 2.24) is 10.6 Å². The van der Waals surface area contributed by atoms with E-state index in [0.29, 0.717) is 6.42 Å². The van der Waals surface area contributed by atoms with Gasteiger partial charge in [-0.2, -0.15) is 0 Å². The zero-order valence-electron chi connectivity index (χ0n) is 13.3. The molecule has 5 nitrogen and oxygen atoms in total. The first-order chi connectivity index (χ1) is 12.0. The zero-order chi connectivity index (χ0) is 18.2. The lowest BCUT2D eigenvalue weighted by Gasteiger charge is -2.12. The van der Waals surface area contributed by atoms with Crippen LogP contribution in [0.1, 0.15) is 28.4 Å². The molecule has 0 bridgehead atoms. The lowest BCUT2D eigenvalue weighted by Crippen LogP contribution is -2.37. The third-order valence-corrected chi connectivity index (χ3v) is 3.52. The van der Waals surface area contributed by atoms with Gasteiger partial charge < -0.3 is 15.7 Å². The minimum Gasteiger partial charge on any atom is -0.388 e. The van der Waals surface area contributed by atoms with Gasteiger partial charge in [-0.05, 0) is 30.2 Å². The third-order valence-electron chi connectivity index (χ3n) is 3.52. The summed E-state index contributed by atoms with van der Waals surface area (Å²) in [6.45, 7) is -0.0742. The molecule has 2 aromatic rings. The number of aliphatic hydroxyl groups excluding tert-OH is 1. The van der Waals surface area contributed by atoms with Crippen molar-refractivity contribution >= 4 is 11.8 Å². The highest BCUT2D eigenvalue weighted by molar-refractivity contribution is 5.96. The number of carbonyl (C=O) groups is 2. The molecule has 0 aromatic heterocycles. The molecule has 0 aliphatic heterocycles. The van der Waals surface area contributed by atoms with Crippen LogP contribution < -0.4 is 10.6 Å². The normalized spacial score (nSPS) is 11.6. The van der Waals surface area contributed by atoms with Crippen LogP contribution in [0.2, 0.25) is 0 Å². The van der Waals surface area contributed by atoms with Gasteiger partial charge in [-0.3, -0.25) is 9.59 Å². The summed E-state index contributed by atoms with van der Waals surface area (Å²) >= 11 is 0. The van der Waals surface area contributed by atoms with E-state index in [2.05, 4.69) is 10.6 Å². The van der Waals surface area contributed by atoms with E-state index >= 15 is 0 Å². The second kappa shape index (κ2) is 8.89. The maximum atomic E-state index is 13.1. The molecule has 0 saturated carbocycles. The van der Waals surface area contributed by atoms with Gasteiger partial charge in [-0.1, -0.05) is 30.3 Å². The van der Waals surface area contributed by atoms with Crippen molar-refractivity contribution in [3.8, 4) is 0 Å². The molecule has 0 saturated heterocycles. The molecule has 2 aromatic carbocycles. The van der Waals surface area contributed by atoms with E-state index in [-0.39, 0.29) is 18.7 Å².